The highest BCUT2D eigenvalue weighted by Crippen LogP contribution is 2.11. The Morgan fingerprint density at radius 2 is 1.86 bits per heavy atom. The predicted molar refractivity (Wildman–Crippen MR) is 53.7 cm³/mol. The molecule has 0 aromatic heterocycles. The summed E-state index contributed by atoms with van der Waals surface area (Å²) in [6, 6.07) is -0.479. The Balaban J connectivity index is 4.65. The van der Waals surface area contributed by atoms with Gasteiger partial charge in [-0.1, -0.05) is 20.8 Å². The lowest BCUT2D eigenvalue weighted by Gasteiger charge is -2.28. The molecule has 0 aromatic carbocycles. The number of amides is 1. The van der Waals surface area contributed by atoms with Crippen LogP contribution in [0.25, 0.3) is 0 Å². The van der Waals surface area contributed by atoms with E-state index in [1.54, 1.807) is 14.0 Å². The Bertz CT molecular complexity index is 213. The molecule has 0 aliphatic heterocycles. The summed E-state index contributed by atoms with van der Waals surface area (Å²) in [4.78, 5) is 24.3. The number of hydrogen-bond donors (Lipinski definition) is 0. The van der Waals surface area contributed by atoms with Crippen LogP contribution in [0.15, 0.2) is 0 Å². The molecule has 0 aliphatic carbocycles. The zero-order valence-electron chi connectivity index (χ0n) is 9.53. The van der Waals surface area contributed by atoms with Crippen LogP contribution in [0.3, 0.4) is 0 Å². The molecule has 0 N–H and O–H groups in total. The molecule has 0 radical (unpaired) electrons. The largest absolute Gasteiger partial charge is 0.467 e. The number of carbonyl (C=O) groups is 2. The summed E-state index contributed by atoms with van der Waals surface area (Å²) in [5.74, 6) is -0.346. The standard InChI is InChI=1S/C10H19NO3/c1-6-8(12)11(4)9(7(2)3)10(13)14-5/h7,9H,6H2,1-5H3/t9-/m0/s1. The first-order valence-corrected chi connectivity index (χ1v) is 4.79. The van der Waals surface area contributed by atoms with E-state index in [-0.39, 0.29) is 17.8 Å². The van der Waals surface area contributed by atoms with Crippen molar-refractivity contribution in [2.24, 2.45) is 5.92 Å². The highest BCUT2D eigenvalue weighted by atomic mass is 16.5. The molecule has 0 aliphatic rings. The molecule has 0 saturated carbocycles. The summed E-state index contributed by atoms with van der Waals surface area (Å²) in [5, 5.41) is 0. The molecule has 0 heterocycles. The number of esters is 1. The summed E-state index contributed by atoms with van der Waals surface area (Å²) < 4.78 is 4.66. The number of nitrogens with zero attached hydrogens (tertiary/aromatic N) is 1. The van der Waals surface area contributed by atoms with Crippen LogP contribution in [-0.2, 0) is 14.3 Å². The van der Waals surface area contributed by atoms with Gasteiger partial charge in [-0.2, -0.15) is 0 Å². The molecule has 4 heteroatoms. The summed E-state index contributed by atoms with van der Waals surface area (Å²) in [6.07, 6.45) is 0.400. The van der Waals surface area contributed by atoms with Crippen molar-refractivity contribution < 1.29 is 14.3 Å². The highest BCUT2D eigenvalue weighted by molar-refractivity contribution is 5.84. The van der Waals surface area contributed by atoms with Crippen molar-refractivity contribution >= 4 is 11.9 Å². The molecule has 82 valence electrons. The Hall–Kier alpha value is -1.06. The van der Waals surface area contributed by atoms with E-state index in [0.29, 0.717) is 6.42 Å². The van der Waals surface area contributed by atoms with Crippen LogP contribution in [0.5, 0.6) is 0 Å². The van der Waals surface area contributed by atoms with Gasteiger partial charge in [-0.25, -0.2) is 4.79 Å². The Labute approximate surface area is 85.2 Å². The fraction of sp³-hybridized carbons (Fsp3) is 0.800. The average molecular weight is 201 g/mol. The molecule has 0 saturated heterocycles. The Morgan fingerprint density at radius 1 is 1.36 bits per heavy atom. The zero-order chi connectivity index (χ0) is 11.3. The quantitative estimate of drug-likeness (QED) is 0.639. The first kappa shape index (κ1) is 12.9. The van der Waals surface area contributed by atoms with Gasteiger partial charge in [-0.05, 0) is 5.92 Å². The molecule has 14 heavy (non-hydrogen) atoms. The maximum Gasteiger partial charge on any atom is 0.328 e. The summed E-state index contributed by atoms with van der Waals surface area (Å²) >= 11 is 0. The van der Waals surface area contributed by atoms with Gasteiger partial charge >= 0.3 is 5.97 Å². The van der Waals surface area contributed by atoms with Crippen molar-refractivity contribution in [2.45, 2.75) is 33.2 Å². The average Bonchev–Trinajstić information content (AvgIpc) is 2.15. The first-order valence-electron chi connectivity index (χ1n) is 4.79. The number of methoxy groups -OCH3 is 1. The number of likely N-dealkylation sites (N-methyl/N-ethyl adjacent to an activating group) is 1. The van der Waals surface area contributed by atoms with E-state index in [9.17, 15) is 9.59 Å². The van der Waals surface area contributed by atoms with Gasteiger partial charge in [0, 0.05) is 13.5 Å². The topological polar surface area (TPSA) is 46.6 Å². The molecule has 0 unspecified atom stereocenters. The van der Waals surface area contributed by atoms with E-state index < -0.39 is 6.04 Å². The summed E-state index contributed by atoms with van der Waals surface area (Å²) in [7, 11) is 2.97. The van der Waals surface area contributed by atoms with E-state index in [2.05, 4.69) is 4.74 Å². The summed E-state index contributed by atoms with van der Waals surface area (Å²) in [6.45, 7) is 5.55. The smallest absolute Gasteiger partial charge is 0.328 e. The minimum atomic E-state index is -0.479. The second-order valence-corrected chi connectivity index (χ2v) is 3.57. The van der Waals surface area contributed by atoms with E-state index in [4.69, 9.17) is 0 Å². The third kappa shape index (κ3) is 3.01. The minimum absolute atomic E-state index is 0.0471. The van der Waals surface area contributed by atoms with E-state index in [0.717, 1.165) is 0 Å². The van der Waals surface area contributed by atoms with Crippen LogP contribution in [-0.4, -0.2) is 37.0 Å². The third-order valence-corrected chi connectivity index (χ3v) is 2.19. The van der Waals surface area contributed by atoms with Gasteiger partial charge in [0.05, 0.1) is 7.11 Å². The maximum absolute atomic E-state index is 11.4. The van der Waals surface area contributed by atoms with Crippen molar-refractivity contribution in [3.63, 3.8) is 0 Å². The number of hydrogen-bond acceptors (Lipinski definition) is 3. The number of ether oxygens (including phenoxy) is 1. The van der Waals surface area contributed by atoms with Crippen LogP contribution in [0.2, 0.25) is 0 Å². The van der Waals surface area contributed by atoms with Gasteiger partial charge in [0.25, 0.3) is 0 Å². The SMILES string of the molecule is CCC(=O)N(C)[C@H](C(=O)OC)C(C)C. The van der Waals surface area contributed by atoms with Crippen LogP contribution in [0.4, 0.5) is 0 Å². The van der Waals surface area contributed by atoms with Crippen molar-refractivity contribution in [1.29, 1.82) is 0 Å². The predicted octanol–water partition coefficient (Wildman–Crippen LogP) is 1.05. The lowest BCUT2D eigenvalue weighted by molar-refractivity contribution is -0.153. The lowest BCUT2D eigenvalue weighted by Crippen LogP contribution is -2.46. The maximum atomic E-state index is 11.4. The van der Waals surface area contributed by atoms with Crippen LogP contribution in [0.1, 0.15) is 27.2 Å². The van der Waals surface area contributed by atoms with Gasteiger partial charge in [-0.15, -0.1) is 0 Å². The number of carbonyl (C=O) groups excluding carboxylic acids is 2. The van der Waals surface area contributed by atoms with Crippen molar-refractivity contribution in [3.05, 3.63) is 0 Å². The Kier molecular flexibility index (Phi) is 5.20. The van der Waals surface area contributed by atoms with E-state index in [1.807, 2.05) is 13.8 Å². The number of rotatable bonds is 4. The molecular formula is C10H19NO3. The normalized spacial score (nSPS) is 12.4. The second-order valence-electron chi connectivity index (χ2n) is 3.57. The Morgan fingerprint density at radius 3 is 2.14 bits per heavy atom. The van der Waals surface area contributed by atoms with Crippen LogP contribution < -0.4 is 0 Å². The van der Waals surface area contributed by atoms with Gasteiger partial charge in [0.15, 0.2) is 0 Å². The van der Waals surface area contributed by atoms with Gasteiger partial charge in [-0.3, -0.25) is 4.79 Å². The molecule has 1 amide bonds. The van der Waals surface area contributed by atoms with Crippen LogP contribution in [0, 0.1) is 5.92 Å². The molecule has 0 spiro atoms. The van der Waals surface area contributed by atoms with Crippen molar-refractivity contribution in [2.75, 3.05) is 14.2 Å². The van der Waals surface area contributed by atoms with Gasteiger partial charge < -0.3 is 9.64 Å². The monoisotopic (exact) mass is 201 g/mol. The highest BCUT2D eigenvalue weighted by Gasteiger charge is 2.29. The first-order chi connectivity index (χ1) is 6.45. The summed E-state index contributed by atoms with van der Waals surface area (Å²) in [5.41, 5.74) is 0. The lowest BCUT2D eigenvalue weighted by atomic mass is 10.0. The zero-order valence-corrected chi connectivity index (χ0v) is 9.53. The minimum Gasteiger partial charge on any atom is -0.467 e. The molecule has 0 bridgehead atoms. The van der Waals surface area contributed by atoms with Crippen molar-refractivity contribution in [1.82, 2.24) is 4.90 Å². The van der Waals surface area contributed by atoms with Gasteiger partial charge in [0.1, 0.15) is 6.04 Å². The fourth-order valence-corrected chi connectivity index (χ4v) is 1.40. The molecule has 0 rings (SSSR count). The molecular weight excluding hydrogens is 182 g/mol. The van der Waals surface area contributed by atoms with E-state index >= 15 is 0 Å². The third-order valence-electron chi connectivity index (χ3n) is 2.19. The fourth-order valence-electron chi connectivity index (χ4n) is 1.40. The molecule has 4 nitrogen and oxygen atoms in total. The molecule has 0 aromatic rings. The second kappa shape index (κ2) is 5.62. The van der Waals surface area contributed by atoms with Crippen molar-refractivity contribution in [3.8, 4) is 0 Å². The van der Waals surface area contributed by atoms with Crippen LogP contribution >= 0.6 is 0 Å². The van der Waals surface area contributed by atoms with E-state index in [1.165, 1.54) is 12.0 Å². The molecule has 1 atom stereocenters. The molecule has 0 fully saturated rings. The van der Waals surface area contributed by atoms with Gasteiger partial charge in [0.2, 0.25) is 5.91 Å².